The quantitative estimate of drug-likeness (QED) is 0.654. The number of ether oxygens (including phenoxy) is 1. The fourth-order valence-corrected chi connectivity index (χ4v) is 3.19. The lowest BCUT2D eigenvalue weighted by molar-refractivity contribution is -0.154. The fourth-order valence-electron chi connectivity index (χ4n) is 3.19. The van der Waals surface area contributed by atoms with Crippen LogP contribution in [-0.2, 0) is 14.3 Å². The van der Waals surface area contributed by atoms with Crippen LogP contribution in [0, 0.1) is 17.3 Å². The Kier molecular flexibility index (Phi) is 2.57. The smallest absolute Gasteiger partial charge is 0.311 e. The molecule has 84 valence electrons. The first kappa shape index (κ1) is 10.7. The number of fused-ring (bicyclic) bond motifs is 1. The molecule has 2 aliphatic rings. The maximum Gasteiger partial charge on any atom is 0.311 e. The van der Waals surface area contributed by atoms with Crippen molar-refractivity contribution in [3.63, 3.8) is 0 Å². The molecule has 2 unspecified atom stereocenters. The lowest BCUT2D eigenvalue weighted by atomic mass is 9.86. The van der Waals surface area contributed by atoms with Crippen molar-refractivity contribution in [2.75, 3.05) is 6.61 Å². The number of carbonyl (C=O) groups is 2. The van der Waals surface area contributed by atoms with Crippen LogP contribution in [0.4, 0.5) is 0 Å². The minimum atomic E-state index is -0.327. The average molecular weight is 210 g/mol. The summed E-state index contributed by atoms with van der Waals surface area (Å²) in [5.41, 5.74) is -0.327. The molecule has 2 fully saturated rings. The van der Waals surface area contributed by atoms with E-state index in [1.807, 2.05) is 13.8 Å². The van der Waals surface area contributed by atoms with Crippen LogP contribution in [0.15, 0.2) is 0 Å². The molecule has 0 heterocycles. The molecule has 0 radical (unpaired) electrons. The van der Waals surface area contributed by atoms with Crippen molar-refractivity contribution in [2.45, 2.75) is 39.5 Å². The van der Waals surface area contributed by atoms with Crippen LogP contribution < -0.4 is 0 Å². The highest BCUT2D eigenvalue weighted by atomic mass is 16.5. The highest BCUT2D eigenvalue weighted by molar-refractivity contribution is 5.83. The molecule has 0 aliphatic heterocycles. The van der Waals surface area contributed by atoms with E-state index in [2.05, 4.69) is 0 Å². The van der Waals surface area contributed by atoms with Gasteiger partial charge in [0.05, 0.1) is 12.0 Å². The predicted octanol–water partition coefficient (Wildman–Crippen LogP) is 1.94. The van der Waals surface area contributed by atoms with Crippen LogP contribution in [0.25, 0.3) is 0 Å². The van der Waals surface area contributed by atoms with E-state index >= 15 is 0 Å². The van der Waals surface area contributed by atoms with Gasteiger partial charge in [-0.3, -0.25) is 9.59 Å². The third-order valence-electron chi connectivity index (χ3n) is 3.84. The SMILES string of the molecule is CCOC(=O)C1(C)CC2CC(=O)CC2C1. The lowest BCUT2D eigenvalue weighted by Crippen LogP contribution is -2.28. The van der Waals surface area contributed by atoms with E-state index in [0.717, 1.165) is 12.8 Å². The standard InChI is InChI=1S/C12H18O3/c1-3-15-11(14)12(2)6-8-4-10(13)5-9(8)7-12/h8-9H,3-7H2,1-2H3. The third-order valence-corrected chi connectivity index (χ3v) is 3.84. The lowest BCUT2D eigenvalue weighted by Gasteiger charge is -2.22. The summed E-state index contributed by atoms with van der Waals surface area (Å²) in [6.07, 6.45) is 3.03. The Balaban J connectivity index is 2.03. The van der Waals surface area contributed by atoms with E-state index in [4.69, 9.17) is 4.74 Å². The van der Waals surface area contributed by atoms with Gasteiger partial charge in [0.2, 0.25) is 0 Å². The van der Waals surface area contributed by atoms with Crippen LogP contribution in [0.2, 0.25) is 0 Å². The molecule has 0 N–H and O–H groups in total. The van der Waals surface area contributed by atoms with E-state index < -0.39 is 0 Å². The van der Waals surface area contributed by atoms with Crippen LogP contribution in [0.5, 0.6) is 0 Å². The maximum atomic E-state index is 11.8. The Bertz CT molecular complexity index is 279. The number of hydrogen-bond acceptors (Lipinski definition) is 3. The van der Waals surface area contributed by atoms with Gasteiger partial charge in [-0.2, -0.15) is 0 Å². The van der Waals surface area contributed by atoms with Crippen molar-refractivity contribution in [3.05, 3.63) is 0 Å². The first-order valence-corrected chi connectivity index (χ1v) is 5.74. The van der Waals surface area contributed by atoms with Gasteiger partial charge in [0, 0.05) is 12.8 Å². The van der Waals surface area contributed by atoms with Gasteiger partial charge >= 0.3 is 5.97 Å². The average Bonchev–Trinajstić information content (AvgIpc) is 2.59. The first-order valence-electron chi connectivity index (χ1n) is 5.74. The molecule has 0 bridgehead atoms. The number of rotatable bonds is 2. The number of ketones is 1. The minimum Gasteiger partial charge on any atom is -0.466 e. The largest absolute Gasteiger partial charge is 0.466 e. The fraction of sp³-hybridized carbons (Fsp3) is 0.833. The van der Waals surface area contributed by atoms with E-state index in [1.54, 1.807) is 0 Å². The van der Waals surface area contributed by atoms with Crippen LogP contribution in [-0.4, -0.2) is 18.4 Å². The van der Waals surface area contributed by atoms with E-state index in [0.29, 0.717) is 37.1 Å². The molecule has 0 amide bonds. The number of hydrogen-bond donors (Lipinski definition) is 0. The molecule has 0 aromatic heterocycles. The van der Waals surface area contributed by atoms with Gasteiger partial charge in [0.15, 0.2) is 0 Å². The summed E-state index contributed by atoms with van der Waals surface area (Å²) < 4.78 is 5.10. The molecule has 15 heavy (non-hydrogen) atoms. The van der Waals surface area contributed by atoms with E-state index in [1.165, 1.54) is 0 Å². The molecule has 0 spiro atoms. The zero-order valence-corrected chi connectivity index (χ0v) is 9.41. The normalized spacial score (nSPS) is 39.2. The minimum absolute atomic E-state index is 0.0770. The third kappa shape index (κ3) is 1.80. The summed E-state index contributed by atoms with van der Waals surface area (Å²) in [4.78, 5) is 23.0. The molecule has 2 aliphatic carbocycles. The van der Waals surface area contributed by atoms with Crippen molar-refractivity contribution < 1.29 is 14.3 Å². The van der Waals surface area contributed by atoms with Gasteiger partial charge in [-0.15, -0.1) is 0 Å². The van der Waals surface area contributed by atoms with Crippen molar-refractivity contribution >= 4 is 11.8 Å². The molecule has 0 aromatic rings. The van der Waals surface area contributed by atoms with Crippen LogP contribution in [0.3, 0.4) is 0 Å². The first-order chi connectivity index (χ1) is 7.05. The van der Waals surface area contributed by atoms with Crippen molar-refractivity contribution in [2.24, 2.45) is 17.3 Å². The Morgan fingerprint density at radius 2 is 1.93 bits per heavy atom. The molecular weight excluding hydrogens is 192 g/mol. The Hall–Kier alpha value is -0.860. The van der Waals surface area contributed by atoms with Gasteiger partial charge in [-0.25, -0.2) is 0 Å². The molecule has 2 rings (SSSR count). The number of carbonyl (C=O) groups excluding carboxylic acids is 2. The summed E-state index contributed by atoms with van der Waals surface area (Å²) in [6, 6.07) is 0. The maximum absolute atomic E-state index is 11.8. The van der Waals surface area contributed by atoms with Gasteiger partial charge in [0.1, 0.15) is 5.78 Å². The predicted molar refractivity (Wildman–Crippen MR) is 55.2 cm³/mol. The Labute approximate surface area is 90.2 Å². The monoisotopic (exact) mass is 210 g/mol. The van der Waals surface area contributed by atoms with Crippen molar-refractivity contribution in [1.82, 2.24) is 0 Å². The molecule has 0 saturated heterocycles. The summed E-state index contributed by atoms with van der Waals surface area (Å²) in [7, 11) is 0. The van der Waals surface area contributed by atoms with Gasteiger partial charge in [-0.1, -0.05) is 0 Å². The summed E-state index contributed by atoms with van der Waals surface area (Å²) in [5, 5.41) is 0. The number of esters is 1. The Morgan fingerprint density at radius 3 is 2.40 bits per heavy atom. The summed E-state index contributed by atoms with van der Waals surface area (Å²) in [5.74, 6) is 1.17. The highest BCUT2D eigenvalue weighted by Gasteiger charge is 2.51. The van der Waals surface area contributed by atoms with E-state index in [9.17, 15) is 9.59 Å². The van der Waals surface area contributed by atoms with Gasteiger partial charge in [-0.05, 0) is 38.5 Å². The van der Waals surface area contributed by atoms with Crippen molar-refractivity contribution in [3.8, 4) is 0 Å². The topological polar surface area (TPSA) is 43.4 Å². The van der Waals surface area contributed by atoms with Crippen molar-refractivity contribution in [1.29, 1.82) is 0 Å². The van der Waals surface area contributed by atoms with Gasteiger partial charge < -0.3 is 4.74 Å². The second kappa shape index (κ2) is 3.62. The molecule has 3 heteroatoms. The molecular formula is C12H18O3. The summed E-state index contributed by atoms with van der Waals surface area (Å²) in [6.45, 7) is 4.26. The molecule has 3 nitrogen and oxygen atoms in total. The molecule has 0 aromatic carbocycles. The zero-order chi connectivity index (χ0) is 11.1. The van der Waals surface area contributed by atoms with Crippen LogP contribution in [0.1, 0.15) is 39.5 Å². The van der Waals surface area contributed by atoms with E-state index in [-0.39, 0.29) is 11.4 Å². The van der Waals surface area contributed by atoms with Crippen LogP contribution >= 0.6 is 0 Å². The Morgan fingerprint density at radius 1 is 1.40 bits per heavy atom. The number of Topliss-reactive ketones (excluding diaryl/α,β-unsaturated/α-hetero) is 1. The second-order valence-electron chi connectivity index (χ2n) is 5.16. The summed E-state index contributed by atoms with van der Waals surface area (Å²) >= 11 is 0. The second-order valence-corrected chi connectivity index (χ2v) is 5.16. The zero-order valence-electron chi connectivity index (χ0n) is 9.41. The van der Waals surface area contributed by atoms with Gasteiger partial charge in [0.25, 0.3) is 0 Å². The molecule has 2 atom stereocenters. The highest BCUT2D eigenvalue weighted by Crippen LogP contribution is 2.52. The molecule has 2 saturated carbocycles.